The van der Waals surface area contributed by atoms with Gasteiger partial charge in [0.1, 0.15) is 24.2 Å². The standard InChI is InChI=1S/C48H52BrN7O8/c1-28(2)63-47(61)53-41(30-13-7-5-8-14-30)45(59)55-25-11-17-37(55)43(57)50-33-21-19-32(20-22-33)40-39(49)35-27-34(23-24-36(35)52-40)51-44(58)38-18-12-26-56(38)46(60)42(31-15-9-6-10-16-31)54-48(62)64-29(3)4/h5-10,13-16,19-24,27-29,37-38,41-42,52H,11-12,17-18,25-26H2,1-4H3,(H,50,57)(H,51,58)(H,53,61)(H,54,62)/t37-,38-,41+,42+/m0/s1. The molecule has 2 fully saturated rings. The molecule has 334 valence electrons. The Morgan fingerprint density at radius 3 is 1.55 bits per heavy atom. The number of likely N-dealkylation sites (tertiary alicyclic amines) is 2. The van der Waals surface area contributed by atoms with Crippen LogP contribution in [0.1, 0.15) is 76.6 Å². The lowest BCUT2D eigenvalue weighted by Gasteiger charge is -2.29. The first-order valence-corrected chi connectivity index (χ1v) is 22.2. The van der Waals surface area contributed by atoms with Crippen molar-refractivity contribution in [1.29, 1.82) is 0 Å². The topological polar surface area (TPSA) is 191 Å². The van der Waals surface area contributed by atoms with Crippen LogP contribution in [-0.4, -0.2) is 88.0 Å². The molecule has 15 nitrogen and oxygen atoms in total. The number of aromatic amines is 1. The van der Waals surface area contributed by atoms with Gasteiger partial charge in [0.25, 0.3) is 11.8 Å². The van der Waals surface area contributed by atoms with E-state index in [1.807, 2.05) is 36.4 Å². The van der Waals surface area contributed by atoms with Gasteiger partial charge in [0.2, 0.25) is 11.8 Å². The van der Waals surface area contributed by atoms with E-state index in [9.17, 15) is 28.8 Å². The summed E-state index contributed by atoms with van der Waals surface area (Å²) in [5, 5.41) is 12.2. The van der Waals surface area contributed by atoms with Crippen molar-refractivity contribution >= 4 is 74.0 Å². The van der Waals surface area contributed by atoms with Crippen molar-refractivity contribution in [2.75, 3.05) is 23.7 Å². The molecule has 0 radical (unpaired) electrons. The number of alkyl carbamates (subject to hydrolysis) is 2. The lowest BCUT2D eigenvalue weighted by molar-refractivity contribution is -0.138. The van der Waals surface area contributed by atoms with Gasteiger partial charge < -0.3 is 45.5 Å². The average Bonchev–Trinajstić information content (AvgIpc) is 4.05. The van der Waals surface area contributed by atoms with Gasteiger partial charge in [-0.25, -0.2) is 9.59 Å². The molecule has 4 aromatic carbocycles. The van der Waals surface area contributed by atoms with Crippen LogP contribution in [0.5, 0.6) is 0 Å². The van der Waals surface area contributed by atoms with E-state index in [2.05, 4.69) is 42.2 Å². The van der Waals surface area contributed by atoms with Gasteiger partial charge in [0.15, 0.2) is 0 Å². The number of anilines is 2. The Balaban J connectivity index is 1.01. The van der Waals surface area contributed by atoms with Crippen molar-refractivity contribution in [3.8, 4) is 11.3 Å². The van der Waals surface area contributed by atoms with Crippen molar-refractivity contribution < 1.29 is 38.2 Å². The number of aromatic nitrogens is 1. The number of nitrogens with zero attached hydrogens (tertiary/aromatic N) is 2. The molecule has 4 atom stereocenters. The number of halogens is 1. The van der Waals surface area contributed by atoms with Crippen LogP contribution < -0.4 is 21.3 Å². The smallest absolute Gasteiger partial charge is 0.408 e. The number of carbonyl (C=O) groups excluding carboxylic acids is 6. The van der Waals surface area contributed by atoms with E-state index in [1.54, 1.807) is 94.4 Å². The van der Waals surface area contributed by atoms with Crippen molar-refractivity contribution in [2.45, 2.75) is 89.8 Å². The number of rotatable bonds is 13. The Morgan fingerprint density at radius 1 is 0.625 bits per heavy atom. The number of carbonyl (C=O) groups is 6. The Kier molecular flexibility index (Phi) is 14.3. The van der Waals surface area contributed by atoms with E-state index in [4.69, 9.17) is 9.47 Å². The zero-order chi connectivity index (χ0) is 45.5. The molecule has 5 aromatic rings. The van der Waals surface area contributed by atoms with Crippen LogP contribution in [0.3, 0.4) is 0 Å². The van der Waals surface area contributed by atoms with Crippen molar-refractivity contribution in [3.05, 3.63) is 119 Å². The highest BCUT2D eigenvalue weighted by molar-refractivity contribution is 9.10. The minimum Gasteiger partial charge on any atom is -0.447 e. The summed E-state index contributed by atoms with van der Waals surface area (Å²) in [4.78, 5) is 87.2. The van der Waals surface area contributed by atoms with Gasteiger partial charge in [-0.05, 0) is 116 Å². The lowest BCUT2D eigenvalue weighted by Crippen LogP contribution is -2.48. The number of benzene rings is 4. The fraction of sp³-hybridized carbons (Fsp3) is 0.333. The molecule has 1 aromatic heterocycles. The third kappa shape index (κ3) is 10.6. The van der Waals surface area contributed by atoms with E-state index in [0.717, 1.165) is 26.6 Å². The molecule has 0 aliphatic carbocycles. The molecule has 16 heteroatoms. The summed E-state index contributed by atoms with van der Waals surface area (Å²) in [6.07, 6.45) is -0.00957. The average molecular weight is 935 g/mol. The fourth-order valence-electron chi connectivity index (χ4n) is 8.14. The number of nitrogens with one attached hydrogen (secondary N) is 5. The largest absolute Gasteiger partial charge is 0.447 e. The minimum atomic E-state index is -1.03. The predicted molar refractivity (Wildman–Crippen MR) is 246 cm³/mol. The lowest BCUT2D eigenvalue weighted by atomic mass is 10.0. The molecule has 3 heterocycles. The van der Waals surface area contributed by atoms with Crippen molar-refractivity contribution in [3.63, 3.8) is 0 Å². The third-order valence-corrected chi connectivity index (χ3v) is 11.9. The first-order valence-electron chi connectivity index (χ1n) is 21.5. The number of amides is 6. The summed E-state index contributed by atoms with van der Waals surface area (Å²) in [7, 11) is 0. The van der Waals surface area contributed by atoms with Crippen LogP contribution >= 0.6 is 15.9 Å². The van der Waals surface area contributed by atoms with Crippen molar-refractivity contribution in [2.24, 2.45) is 0 Å². The summed E-state index contributed by atoms with van der Waals surface area (Å²) in [6, 6.07) is 27.0. The quantitative estimate of drug-likeness (QED) is 0.0780. The second-order valence-corrected chi connectivity index (χ2v) is 17.2. The van der Waals surface area contributed by atoms with E-state index >= 15 is 0 Å². The predicted octanol–water partition coefficient (Wildman–Crippen LogP) is 8.21. The summed E-state index contributed by atoms with van der Waals surface area (Å²) >= 11 is 3.75. The highest BCUT2D eigenvalue weighted by atomic mass is 79.9. The SMILES string of the molecule is CC(C)OC(=O)N[C@@H](C(=O)N1CCC[C@H]1C(=O)Nc1ccc(-c2[nH]c3ccc(NC(=O)[C@@H]4CCCN4C(=O)[C@H](NC(=O)OC(C)C)c4ccccc4)cc3c2Br)cc1)c1ccccc1. The van der Waals surface area contributed by atoms with Gasteiger partial charge in [-0.3, -0.25) is 19.2 Å². The zero-order valence-corrected chi connectivity index (χ0v) is 37.6. The van der Waals surface area contributed by atoms with Crippen LogP contribution in [0.2, 0.25) is 0 Å². The van der Waals surface area contributed by atoms with Gasteiger partial charge in [0.05, 0.1) is 22.4 Å². The van der Waals surface area contributed by atoms with Crippen LogP contribution in [0.25, 0.3) is 22.2 Å². The molecule has 2 aliphatic heterocycles. The van der Waals surface area contributed by atoms with Crippen molar-refractivity contribution in [1.82, 2.24) is 25.4 Å². The Hall–Kier alpha value is -6.68. The number of H-pyrrole nitrogens is 1. The minimum absolute atomic E-state index is 0.333. The maximum absolute atomic E-state index is 14.0. The first kappa shape index (κ1) is 45.3. The molecule has 2 saturated heterocycles. The number of hydrogen-bond acceptors (Lipinski definition) is 8. The number of ether oxygens (including phenoxy) is 2. The summed E-state index contributed by atoms with van der Waals surface area (Å²) in [5.74, 6) is -1.46. The molecule has 2 aliphatic rings. The highest BCUT2D eigenvalue weighted by Crippen LogP contribution is 2.37. The molecular weight excluding hydrogens is 882 g/mol. The second kappa shape index (κ2) is 20.2. The Morgan fingerprint density at radius 2 is 1.08 bits per heavy atom. The van der Waals surface area contributed by atoms with E-state index in [0.29, 0.717) is 61.3 Å². The zero-order valence-electron chi connectivity index (χ0n) is 36.1. The van der Waals surface area contributed by atoms with E-state index < -0.39 is 48.2 Å². The molecule has 6 amide bonds. The fourth-order valence-corrected chi connectivity index (χ4v) is 8.80. The molecule has 0 unspecified atom stereocenters. The highest BCUT2D eigenvalue weighted by Gasteiger charge is 2.40. The Labute approximate surface area is 379 Å². The van der Waals surface area contributed by atoms with Crippen LogP contribution in [-0.2, 0) is 28.7 Å². The van der Waals surface area contributed by atoms with Gasteiger partial charge in [-0.1, -0.05) is 72.8 Å². The molecule has 0 bridgehead atoms. The maximum Gasteiger partial charge on any atom is 0.408 e. The number of fused-ring (bicyclic) bond motifs is 1. The normalized spacial score (nSPS) is 16.9. The molecular formula is C48H52BrN7O8. The molecule has 64 heavy (non-hydrogen) atoms. The maximum atomic E-state index is 14.0. The second-order valence-electron chi connectivity index (χ2n) is 16.4. The molecule has 0 saturated carbocycles. The molecule has 0 spiro atoms. The monoisotopic (exact) mass is 933 g/mol. The Bertz CT molecular complexity index is 2500. The summed E-state index contributed by atoms with van der Waals surface area (Å²) in [5.41, 5.74) is 4.67. The van der Waals surface area contributed by atoms with E-state index in [-0.39, 0.29) is 24.0 Å². The van der Waals surface area contributed by atoms with E-state index in [1.165, 1.54) is 9.80 Å². The first-order chi connectivity index (χ1) is 30.8. The van der Waals surface area contributed by atoms with Crippen LogP contribution in [0.4, 0.5) is 21.0 Å². The third-order valence-electron chi connectivity index (χ3n) is 11.1. The van der Waals surface area contributed by atoms with Gasteiger partial charge >= 0.3 is 12.2 Å². The van der Waals surface area contributed by atoms with Gasteiger partial charge in [-0.2, -0.15) is 0 Å². The van der Waals surface area contributed by atoms with Gasteiger partial charge in [-0.15, -0.1) is 0 Å². The molecule has 5 N–H and O–H groups in total. The van der Waals surface area contributed by atoms with Crippen LogP contribution in [0, 0.1) is 0 Å². The van der Waals surface area contributed by atoms with Crippen LogP contribution in [0.15, 0.2) is 108 Å². The summed E-state index contributed by atoms with van der Waals surface area (Å²) < 4.78 is 11.3. The summed E-state index contributed by atoms with van der Waals surface area (Å²) in [6.45, 7) is 7.62. The van der Waals surface area contributed by atoms with Gasteiger partial charge in [0, 0.05) is 35.4 Å². The molecule has 7 rings (SSSR count). The number of hydrogen-bond donors (Lipinski definition) is 5.